The van der Waals surface area contributed by atoms with E-state index in [0.29, 0.717) is 11.8 Å². The van der Waals surface area contributed by atoms with Crippen LogP contribution in [0.4, 0.5) is 0 Å². The molecular weight excluding hydrogens is 377 g/mol. The fraction of sp³-hybridized carbons (Fsp3) is 0.625. The van der Waals surface area contributed by atoms with Gasteiger partial charge in [0.1, 0.15) is 4.90 Å². The van der Waals surface area contributed by atoms with Crippen molar-refractivity contribution in [2.75, 3.05) is 0 Å². The van der Waals surface area contributed by atoms with E-state index in [0.717, 1.165) is 37.5 Å². The molecule has 3 nitrogen and oxygen atoms in total. The van der Waals surface area contributed by atoms with Crippen LogP contribution in [0.15, 0.2) is 17.0 Å². The summed E-state index contributed by atoms with van der Waals surface area (Å²) in [6, 6.07) is 2.75. The summed E-state index contributed by atoms with van der Waals surface area (Å²) in [6.45, 7) is 0. The Morgan fingerprint density at radius 3 is 1.91 bits per heavy atom. The summed E-state index contributed by atoms with van der Waals surface area (Å²) in [4.78, 5) is 0.0161. The lowest BCUT2D eigenvalue weighted by Crippen LogP contribution is -2.55. The molecule has 7 heteroatoms. The van der Waals surface area contributed by atoms with Crippen molar-refractivity contribution in [3.8, 4) is 0 Å². The standard InChI is InChI=1S/C16H18Cl3NO2S/c17-12-6-14(19)15(7-13(12)18)23(21,22)20-16-10-2-8-1-9(4-10)5-11(16)3-8/h6-11,16,20H,1-5H2. The third-order valence-electron chi connectivity index (χ3n) is 5.78. The molecule has 4 aliphatic rings. The lowest BCUT2D eigenvalue weighted by Gasteiger charge is -2.54. The van der Waals surface area contributed by atoms with Gasteiger partial charge in [0.05, 0.1) is 15.1 Å². The Morgan fingerprint density at radius 1 is 0.826 bits per heavy atom. The van der Waals surface area contributed by atoms with Crippen LogP contribution < -0.4 is 4.72 Å². The van der Waals surface area contributed by atoms with Crippen molar-refractivity contribution in [2.24, 2.45) is 23.7 Å². The predicted molar refractivity (Wildman–Crippen MR) is 92.6 cm³/mol. The highest BCUT2D eigenvalue weighted by Gasteiger charge is 2.49. The molecule has 4 saturated carbocycles. The second kappa shape index (κ2) is 5.77. The van der Waals surface area contributed by atoms with Gasteiger partial charge in [-0.2, -0.15) is 0 Å². The maximum Gasteiger partial charge on any atom is 0.242 e. The third kappa shape index (κ3) is 2.91. The van der Waals surface area contributed by atoms with Gasteiger partial charge in [-0.1, -0.05) is 34.8 Å². The highest BCUT2D eigenvalue weighted by molar-refractivity contribution is 7.89. The fourth-order valence-corrected chi connectivity index (χ4v) is 7.45. The number of hydrogen-bond acceptors (Lipinski definition) is 2. The molecule has 0 aromatic heterocycles. The lowest BCUT2D eigenvalue weighted by molar-refractivity contribution is -0.00557. The van der Waals surface area contributed by atoms with Crippen molar-refractivity contribution in [3.05, 3.63) is 27.2 Å². The van der Waals surface area contributed by atoms with E-state index in [1.54, 1.807) is 0 Å². The molecular formula is C16H18Cl3NO2S. The Kier molecular flexibility index (Phi) is 4.13. The van der Waals surface area contributed by atoms with E-state index in [-0.39, 0.29) is 26.0 Å². The highest BCUT2D eigenvalue weighted by atomic mass is 35.5. The molecule has 0 atom stereocenters. The fourth-order valence-electron chi connectivity index (χ4n) is 5.07. The second-order valence-electron chi connectivity index (χ2n) is 7.27. The van der Waals surface area contributed by atoms with Gasteiger partial charge >= 0.3 is 0 Å². The van der Waals surface area contributed by atoms with E-state index in [4.69, 9.17) is 34.8 Å². The Morgan fingerprint density at radius 2 is 1.35 bits per heavy atom. The van der Waals surface area contributed by atoms with E-state index in [1.807, 2.05) is 0 Å². The molecule has 0 unspecified atom stereocenters. The molecule has 4 bridgehead atoms. The van der Waals surface area contributed by atoms with Gasteiger partial charge in [-0.05, 0) is 67.9 Å². The van der Waals surface area contributed by atoms with E-state index in [9.17, 15) is 8.42 Å². The minimum Gasteiger partial charge on any atom is -0.207 e. The summed E-state index contributed by atoms with van der Waals surface area (Å²) >= 11 is 18.0. The van der Waals surface area contributed by atoms with Crippen LogP contribution in [0.5, 0.6) is 0 Å². The van der Waals surface area contributed by atoms with E-state index < -0.39 is 10.0 Å². The van der Waals surface area contributed by atoms with Gasteiger partial charge in [0, 0.05) is 6.04 Å². The molecule has 5 rings (SSSR count). The number of hydrogen-bond donors (Lipinski definition) is 1. The Hall–Kier alpha value is -0.000000000000000167. The summed E-state index contributed by atoms with van der Waals surface area (Å²) in [5, 5.41) is 0.558. The predicted octanol–water partition coefficient (Wildman–Crippen LogP) is 4.75. The largest absolute Gasteiger partial charge is 0.242 e. The molecule has 0 heterocycles. The van der Waals surface area contributed by atoms with Crippen LogP contribution in [0.1, 0.15) is 32.1 Å². The molecule has 1 N–H and O–H groups in total. The van der Waals surface area contributed by atoms with Gasteiger partial charge in [0.25, 0.3) is 0 Å². The van der Waals surface area contributed by atoms with Crippen LogP contribution in [0.25, 0.3) is 0 Å². The van der Waals surface area contributed by atoms with Gasteiger partial charge in [-0.25, -0.2) is 13.1 Å². The first-order valence-electron chi connectivity index (χ1n) is 8.00. The summed E-state index contributed by atoms with van der Waals surface area (Å²) in [7, 11) is -3.70. The van der Waals surface area contributed by atoms with Gasteiger partial charge in [0.15, 0.2) is 0 Å². The third-order valence-corrected chi connectivity index (χ3v) is 8.43. The smallest absolute Gasteiger partial charge is 0.207 e. The SMILES string of the molecule is O=S(=O)(NC1C2CC3CC(C2)CC1C3)c1cc(Cl)c(Cl)cc1Cl. The summed E-state index contributed by atoms with van der Waals surface area (Å²) in [6.07, 6.45) is 5.93. The highest BCUT2D eigenvalue weighted by Crippen LogP contribution is 2.54. The Bertz CT molecular complexity index is 722. The van der Waals surface area contributed by atoms with Crippen molar-refractivity contribution in [1.82, 2.24) is 4.72 Å². The van der Waals surface area contributed by atoms with Crippen molar-refractivity contribution in [2.45, 2.75) is 43.0 Å². The molecule has 0 saturated heterocycles. The number of halogens is 3. The van der Waals surface area contributed by atoms with Crippen molar-refractivity contribution in [3.63, 3.8) is 0 Å². The average molecular weight is 395 g/mol. The molecule has 4 fully saturated rings. The van der Waals surface area contributed by atoms with Gasteiger partial charge < -0.3 is 0 Å². The molecule has 126 valence electrons. The minimum absolute atomic E-state index is 0.0161. The molecule has 0 spiro atoms. The second-order valence-corrected chi connectivity index (χ2v) is 10.2. The summed E-state index contributed by atoms with van der Waals surface area (Å²) in [5.74, 6) is 2.52. The first-order valence-corrected chi connectivity index (χ1v) is 10.6. The van der Waals surface area contributed by atoms with E-state index in [1.165, 1.54) is 18.6 Å². The average Bonchev–Trinajstić information content (AvgIpc) is 2.46. The number of benzene rings is 1. The number of sulfonamides is 1. The number of nitrogens with one attached hydrogen (secondary N) is 1. The molecule has 23 heavy (non-hydrogen) atoms. The topological polar surface area (TPSA) is 46.2 Å². The maximum atomic E-state index is 12.8. The zero-order chi connectivity index (χ0) is 16.4. The molecule has 1 aromatic rings. The van der Waals surface area contributed by atoms with Crippen molar-refractivity contribution >= 4 is 44.8 Å². The first kappa shape index (κ1) is 16.5. The van der Waals surface area contributed by atoms with Crippen molar-refractivity contribution in [1.29, 1.82) is 0 Å². The molecule has 0 radical (unpaired) electrons. The zero-order valence-electron chi connectivity index (χ0n) is 12.4. The quantitative estimate of drug-likeness (QED) is 0.752. The van der Waals surface area contributed by atoms with Crippen molar-refractivity contribution < 1.29 is 8.42 Å². The number of rotatable bonds is 3. The molecule has 0 aliphatic heterocycles. The van der Waals surface area contributed by atoms with Crippen LogP contribution in [0, 0.1) is 23.7 Å². The van der Waals surface area contributed by atoms with Crippen LogP contribution in [0.3, 0.4) is 0 Å². The first-order chi connectivity index (χ1) is 10.8. The molecule has 4 aliphatic carbocycles. The van der Waals surface area contributed by atoms with Crippen LogP contribution >= 0.6 is 34.8 Å². The van der Waals surface area contributed by atoms with Gasteiger partial charge in [0.2, 0.25) is 10.0 Å². The lowest BCUT2D eigenvalue weighted by atomic mass is 9.54. The monoisotopic (exact) mass is 393 g/mol. The van der Waals surface area contributed by atoms with Gasteiger partial charge in [-0.3, -0.25) is 0 Å². The van der Waals surface area contributed by atoms with Crippen LogP contribution in [-0.2, 0) is 10.0 Å². The Labute approximate surface area is 151 Å². The minimum atomic E-state index is -3.70. The zero-order valence-corrected chi connectivity index (χ0v) is 15.5. The van der Waals surface area contributed by atoms with E-state index in [2.05, 4.69) is 4.72 Å². The summed E-state index contributed by atoms with van der Waals surface area (Å²) < 4.78 is 28.6. The van der Waals surface area contributed by atoms with Gasteiger partial charge in [-0.15, -0.1) is 0 Å². The van der Waals surface area contributed by atoms with Crippen LogP contribution in [-0.4, -0.2) is 14.5 Å². The Balaban J connectivity index is 1.62. The maximum absolute atomic E-state index is 12.8. The van der Waals surface area contributed by atoms with E-state index >= 15 is 0 Å². The summed E-state index contributed by atoms with van der Waals surface area (Å²) in [5.41, 5.74) is 0. The van der Waals surface area contributed by atoms with Crippen LogP contribution in [0.2, 0.25) is 15.1 Å². The molecule has 0 amide bonds. The normalized spacial score (nSPS) is 35.7. The molecule has 1 aromatic carbocycles.